The van der Waals surface area contributed by atoms with Gasteiger partial charge in [0.1, 0.15) is 17.5 Å². The van der Waals surface area contributed by atoms with Crippen LogP contribution in [0.4, 0.5) is 20.4 Å². The van der Waals surface area contributed by atoms with Gasteiger partial charge >= 0.3 is 0 Å². The SMILES string of the molecule is CC(=O)Nc1cnc2ccc(N3CCCC3c3cc(F)ccc3F)nn12. The quantitative estimate of drug-likeness (QED) is 0.781. The van der Waals surface area contributed by atoms with Crippen molar-refractivity contribution < 1.29 is 13.6 Å². The molecule has 1 N–H and O–H groups in total. The van der Waals surface area contributed by atoms with Crippen LogP contribution in [0.5, 0.6) is 0 Å². The van der Waals surface area contributed by atoms with E-state index >= 15 is 0 Å². The number of carbonyl (C=O) groups is 1. The van der Waals surface area contributed by atoms with Gasteiger partial charge in [0.2, 0.25) is 5.91 Å². The van der Waals surface area contributed by atoms with Crippen molar-refractivity contribution in [3.63, 3.8) is 0 Å². The van der Waals surface area contributed by atoms with Gasteiger partial charge in [-0.1, -0.05) is 0 Å². The Bertz CT molecular complexity index is 987. The molecule has 0 radical (unpaired) electrons. The number of nitrogens with zero attached hydrogens (tertiary/aromatic N) is 4. The fourth-order valence-electron chi connectivity index (χ4n) is 3.42. The summed E-state index contributed by atoms with van der Waals surface area (Å²) in [6.07, 6.45) is 3.09. The Morgan fingerprint density at radius 2 is 2.12 bits per heavy atom. The molecule has 0 saturated carbocycles. The molecule has 0 bridgehead atoms. The second-order valence-corrected chi connectivity index (χ2v) is 6.30. The van der Waals surface area contributed by atoms with Crippen molar-refractivity contribution in [1.82, 2.24) is 14.6 Å². The molecule has 134 valence electrons. The molecule has 0 aliphatic carbocycles. The summed E-state index contributed by atoms with van der Waals surface area (Å²) in [5.41, 5.74) is 0.919. The first-order valence-electron chi connectivity index (χ1n) is 8.37. The number of halogens is 2. The maximum Gasteiger partial charge on any atom is 0.222 e. The number of hydrogen-bond donors (Lipinski definition) is 1. The van der Waals surface area contributed by atoms with Crippen molar-refractivity contribution in [1.29, 1.82) is 0 Å². The lowest BCUT2D eigenvalue weighted by atomic mass is 10.0. The van der Waals surface area contributed by atoms with E-state index in [1.807, 2.05) is 4.90 Å². The fourth-order valence-corrected chi connectivity index (χ4v) is 3.42. The molecule has 3 heterocycles. The third-order valence-electron chi connectivity index (χ3n) is 4.52. The molecule has 2 aromatic heterocycles. The normalized spacial score (nSPS) is 17.0. The number of benzene rings is 1. The zero-order chi connectivity index (χ0) is 18.3. The average molecular weight is 357 g/mol. The zero-order valence-electron chi connectivity index (χ0n) is 14.1. The maximum absolute atomic E-state index is 14.2. The van der Waals surface area contributed by atoms with Crippen molar-refractivity contribution in [3.8, 4) is 0 Å². The van der Waals surface area contributed by atoms with Crippen molar-refractivity contribution in [2.45, 2.75) is 25.8 Å². The van der Waals surface area contributed by atoms with Gasteiger partial charge in [-0.15, -0.1) is 5.10 Å². The van der Waals surface area contributed by atoms with Crippen molar-refractivity contribution in [3.05, 3.63) is 53.7 Å². The number of nitrogens with one attached hydrogen (secondary N) is 1. The van der Waals surface area contributed by atoms with Gasteiger partial charge in [0.05, 0.1) is 12.2 Å². The Morgan fingerprint density at radius 1 is 1.27 bits per heavy atom. The Labute approximate surface area is 148 Å². The van der Waals surface area contributed by atoms with Crippen LogP contribution in [-0.4, -0.2) is 27.0 Å². The fraction of sp³-hybridized carbons (Fsp3) is 0.278. The smallest absolute Gasteiger partial charge is 0.222 e. The summed E-state index contributed by atoms with van der Waals surface area (Å²) in [4.78, 5) is 17.5. The van der Waals surface area contributed by atoms with Gasteiger partial charge in [0.15, 0.2) is 11.5 Å². The van der Waals surface area contributed by atoms with E-state index in [1.165, 1.54) is 23.7 Å². The van der Waals surface area contributed by atoms with Crippen LogP contribution in [0.1, 0.15) is 31.4 Å². The van der Waals surface area contributed by atoms with Gasteiger partial charge in [0, 0.05) is 19.0 Å². The number of anilines is 2. The largest absolute Gasteiger partial charge is 0.348 e. The summed E-state index contributed by atoms with van der Waals surface area (Å²) in [6.45, 7) is 2.09. The molecular weight excluding hydrogens is 340 g/mol. The third-order valence-corrected chi connectivity index (χ3v) is 4.52. The second kappa shape index (κ2) is 6.36. The predicted octanol–water partition coefficient (Wildman–Crippen LogP) is 3.31. The number of fused-ring (bicyclic) bond motifs is 1. The van der Waals surface area contributed by atoms with E-state index in [4.69, 9.17) is 0 Å². The lowest BCUT2D eigenvalue weighted by Crippen LogP contribution is -2.25. The average Bonchev–Trinajstić information content (AvgIpc) is 3.23. The van der Waals surface area contributed by atoms with Gasteiger partial charge in [-0.3, -0.25) is 4.79 Å². The van der Waals surface area contributed by atoms with E-state index < -0.39 is 11.6 Å². The molecule has 1 saturated heterocycles. The van der Waals surface area contributed by atoms with Crippen LogP contribution >= 0.6 is 0 Å². The minimum Gasteiger partial charge on any atom is -0.348 e. The molecule has 0 spiro atoms. The van der Waals surface area contributed by atoms with E-state index in [2.05, 4.69) is 15.4 Å². The second-order valence-electron chi connectivity index (χ2n) is 6.30. The van der Waals surface area contributed by atoms with Crippen molar-refractivity contribution in [2.24, 2.45) is 0 Å². The molecule has 1 amide bonds. The summed E-state index contributed by atoms with van der Waals surface area (Å²) in [6, 6.07) is 6.82. The number of aromatic nitrogens is 3. The summed E-state index contributed by atoms with van der Waals surface area (Å²) >= 11 is 0. The Morgan fingerprint density at radius 3 is 2.92 bits per heavy atom. The molecule has 1 atom stereocenters. The number of amides is 1. The first-order valence-corrected chi connectivity index (χ1v) is 8.37. The molecule has 1 aliphatic rings. The molecule has 1 aromatic carbocycles. The van der Waals surface area contributed by atoms with Crippen LogP contribution < -0.4 is 10.2 Å². The van der Waals surface area contributed by atoms with E-state index in [-0.39, 0.29) is 11.9 Å². The molecule has 3 aromatic rings. The Hall–Kier alpha value is -3.03. The van der Waals surface area contributed by atoms with Crippen molar-refractivity contribution in [2.75, 3.05) is 16.8 Å². The highest BCUT2D eigenvalue weighted by atomic mass is 19.1. The molecule has 8 heteroatoms. The zero-order valence-corrected chi connectivity index (χ0v) is 14.1. The van der Waals surface area contributed by atoms with Crippen LogP contribution in [0, 0.1) is 11.6 Å². The molecule has 26 heavy (non-hydrogen) atoms. The summed E-state index contributed by atoms with van der Waals surface area (Å²) < 4.78 is 29.4. The lowest BCUT2D eigenvalue weighted by Gasteiger charge is -2.26. The highest BCUT2D eigenvalue weighted by molar-refractivity contribution is 5.88. The molecule has 1 fully saturated rings. The number of imidazole rings is 1. The van der Waals surface area contributed by atoms with Gasteiger partial charge in [-0.25, -0.2) is 13.8 Å². The van der Waals surface area contributed by atoms with Gasteiger partial charge in [-0.2, -0.15) is 4.52 Å². The number of hydrogen-bond acceptors (Lipinski definition) is 4. The monoisotopic (exact) mass is 357 g/mol. The maximum atomic E-state index is 14.2. The summed E-state index contributed by atoms with van der Waals surface area (Å²) in [5, 5.41) is 7.22. The lowest BCUT2D eigenvalue weighted by molar-refractivity contribution is -0.114. The van der Waals surface area contributed by atoms with Crippen LogP contribution in [0.15, 0.2) is 36.5 Å². The standard InChI is InChI=1S/C18H17F2N5O/c1-11(26)22-18-10-21-16-6-7-17(23-25(16)18)24-8-2-3-15(24)13-9-12(19)4-5-14(13)20/h4-7,9-10,15H,2-3,8H2,1H3,(H,22,26). The first-order chi connectivity index (χ1) is 12.5. The minimum absolute atomic E-state index is 0.222. The van der Waals surface area contributed by atoms with E-state index in [0.717, 1.165) is 18.6 Å². The molecule has 6 nitrogen and oxygen atoms in total. The van der Waals surface area contributed by atoms with Gasteiger partial charge in [0.25, 0.3) is 0 Å². The Balaban J connectivity index is 1.73. The number of carbonyl (C=O) groups excluding carboxylic acids is 1. The van der Waals surface area contributed by atoms with Crippen LogP contribution in [-0.2, 0) is 4.79 Å². The van der Waals surface area contributed by atoms with Crippen LogP contribution in [0.3, 0.4) is 0 Å². The van der Waals surface area contributed by atoms with Gasteiger partial charge < -0.3 is 10.2 Å². The summed E-state index contributed by atoms with van der Waals surface area (Å²) in [5.74, 6) is -0.0275. The molecular formula is C18H17F2N5O. The Kier molecular flexibility index (Phi) is 4.02. The third kappa shape index (κ3) is 2.87. The minimum atomic E-state index is -0.459. The van der Waals surface area contributed by atoms with E-state index in [9.17, 15) is 13.6 Å². The van der Waals surface area contributed by atoms with Gasteiger partial charge in [-0.05, 0) is 43.2 Å². The molecule has 4 rings (SSSR count). The van der Waals surface area contributed by atoms with E-state index in [1.54, 1.807) is 12.1 Å². The van der Waals surface area contributed by atoms with E-state index in [0.29, 0.717) is 35.8 Å². The topological polar surface area (TPSA) is 62.5 Å². The van der Waals surface area contributed by atoms with Crippen LogP contribution in [0.25, 0.3) is 5.65 Å². The summed E-state index contributed by atoms with van der Waals surface area (Å²) in [7, 11) is 0. The highest BCUT2D eigenvalue weighted by Crippen LogP contribution is 2.36. The van der Waals surface area contributed by atoms with Crippen LogP contribution in [0.2, 0.25) is 0 Å². The predicted molar refractivity (Wildman–Crippen MR) is 93.0 cm³/mol. The molecule has 1 aliphatic heterocycles. The highest BCUT2D eigenvalue weighted by Gasteiger charge is 2.30. The number of rotatable bonds is 3. The van der Waals surface area contributed by atoms with Crippen molar-refractivity contribution >= 4 is 23.2 Å². The first kappa shape index (κ1) is 16.4. The molecule has 1 unspecified atom stereocenters.